The van der Waals surface area contributed by atoms with Crippen molar-refractivity contribution in [1.29, 1.82) is 0 Å². The van der Waals surface area contributed by atoms with E-state index < -0.39 is 28.8 Å². The van der Waals surface area contributed by atoms with Gasteiger partial charge in [-0.25, -0.2) is 4.79 Å². The third-order valence-electron chi connectivity index (χ3n) is 3.05. The van der Waals surface area contributed by atoms with E-state index in [9.17, 15) is 24.5 Å². The van der Waals surface area contributed by atoms with Gasteiger partial charge in [0.05, 0.1) is 10.6 Å². The monoisotopic (exact) mass is 305 g/mol. The normalized spacial score (nSPS) is 16.7. The molecule has 10 nitrogen and oxygen atoms in total. The van der Waals surface area contributed by atoms with Gasteiger partial charge in [-0.3, -0.25) is 29.5 Å². The third-order valence-corrected chi connectivity index (χ3v) is 3.05. The first kappa shape index (κ1) is 15.2. The van der Waals surface area contributed by atoms with Crippen LogP contribution in [-0.2, 0) is 9.59 Å². The highest BCUT2D eigenvalue weighted by atomic mass is 16.6. The lowest BCUT2D eigenvalue weighted by Crippen LogP contribution is -2.58. The van der Waals surface area contributed by atoms with Gasteiger partial charge in [-0.1, -0.05) is 0 Å². The highest BCUT2D eigenvalue weighted by molar-refractivity contribution is 6.18. The molecule has 1 fully saturated rings. The summed E-state index contributed by atoms with van der Waals surface area (Å²) in [5.41, 5.74) is 0.127. The van der Waals surface area contributed by atoms with Gasteiger partial charge in [0, 0.05) is 26.2 Å². The Labute approximate surface area is 124 Å². The first-order chi connectivity index (χ1) is 10.3. The maximum absolute atomic E-state index is 11.9. The summed E-state index contributed by atoms with van der Waals surface area (Å²) in [7, 11) is 2.48. The molecule has 1 aromatic rings. The molecule has 4 amide bonds. The number of benzene rings is 1. The van der Waals surface area contributed by atoms with Crippen LogP contribution < -0.4 is 0 Å². The Bertz CT molecular complexity index is 660. The molecule has 1 heterocycles. The number of nitro groups is 1. The van der Waals surface area contributed by atoms with Crippen LogP contribution in [-0.4, -0.2) is 52.7 Å². The summed E-state index contributed by atoms with van der Waals surface area (Å²) < 4.78 is 0. The maximum Gasteiger partial charge on any atom is 0.333 e. The van der Waals surface area contributed by atoms with Crippen LogP contribution in [0.3, 0.4) is 0 Å². The fraction of sp³-hybridized carbons (Fsp3) is 0.250. The summed E-state index contributed by atoms with van der Waals surface area (Å²) >= 11 is 0. The lowest BCUT2D eigenvalue weighted by atomic mass is 10.2. The number of rotatable bonds is 3. The van der Waals surface area contributed by atoms with Gasteiger partial charge in [0.2, 0.25) is 6.04 Å². The number of hydrogen-bond donors (Lipinski definition) is 0. The average molecular weight is 305 g/mol. The van der Waals surface area contributed by atoms with E-state index in [0.29, 0.717) is 0 Å². The van der Waals surface area contributed by atoms with Crippen molar-refractivity contribution in [3.63, 3.8) is 0 Å². The fourth-order valence-electron chi connectivity index (χ4n) is 1.75. The number of barbiturate groups is 1. The van der Waals surface area contributed by atoms with E-state index in [0.717, 1.165) is 9.80 Å². The Morgan fingerprint density at radius 3 is 2.00 bits per heavy atom. The van der Waals surface area contributed by atoms with Gasteiger partial charge < -0.3 is 0 Å². The Hall–Kier alpha value is -3.17. The molecule has 1 aliphatic rings. The summed E-state index contributed by atoms with van der Waals surface area (Å²) in [6, 6.07) is 2.93. The largest absolute Gasteiger partial charge is 0.333 e. The van der Waals surface area contributed by atoms with Crippen LogP contribution in [0.1, 0.15) is 0 Å². The van der Waals surface area contributed by atoms with Crippen molar-refractivity contribution < 1.29 is 19.3 Å². The van der Waals surface area contributed by atoms with Crippen LogP contribution in [0.4, 0.5) is 16.2 Å². The number of carbonyl (C=O) groups excluding carboxylic acids is 3. The van der Waals surface area contributed by atoms with E-state index in [4.69, 9.17) is 0 Å². The Morgan fingerprint density at radius 1 is 1.05 bits per heavy atom. The molecular formula is C12H11N5O5. The molecule has 0 saturated carbocycles. The SMILES string of the molecule is CN1C(=O)C(N=Nc2ccc([N+](=O)[O-])cc2)C(=O)N(C)C1=O. The fourth-order valence-corrected chi connectivity index (χ4v) is 1.75. The molecule has 0 bridgehead atoms. The highest BCUT2D eigenvalue weighted by Gasteiger charge is 2.42. The second-order valence-corrected chi connectivity index (χ2v) is 4.47. The number of imide groups is 2. The molecule has 114 valence electrons. The summed E-state index contributed by atoms with van der Waals surface area (Å²) in [5.74, 6) is -1.56. The molecular weight excluding hydrogens is 294 g/mol. The molecule has 0 spiro atoms. The number of azo groups is 1. The maximum atomic E-state index is 11.9. The number of hydrogen-bond acceptors (Lipinski definition) is 7. The number of nitrogens with zero attached hydrogens (tertiary/aromatic N) is 5. The lowest BCUT2D eigenvalue weighted by molar-refractivity contribution is -0.384. The lowest BCUT2D eigenvalue weighted by Gasteiger charge is -2.30. The van der Waals surface area contributed by atoms with Crippen molar-refractivity contribution >= 4 is 29.2 Å². The molecule has 0 aromatic heterocycles. The number of nitro benzene ring substituents is 1. The van der Waals surface area contributed by atoms with E-state index in [2.05, 4.69) is 10.2 Å². The summed E-state index contributed by atoms with van der Waals surface area (Å²) in [6.45, 7) is 0. The summed E-state index contributed by atoms with van der Waals surface area (Å²) in [6.07, 6.45) is 0. The predicted molar refractivity (Wildman–Crippen MR) is 72.3 cm³/mol. The van der Waals surface area contributed by atoms with E-state index >= 15 is 0 Å². The van der Waals surface area contributed by atoms with Crippen LogP contribution in [0, 0.1) is 10.1 Å². The van der Waals surface area contributed by atoms with Gasteiger partial charge in [-0.15, -0.1) is 0 Å². The zero-order chi connectivity index (χ0) is 16.4. The molecule has 0 radical (unpaired) electrons. The molecule has 0 atom stereocenters. The second-order valence-electron chi connectivity index (χ2n) is 4.47. The first-order valence-electron chi connectivity index (χ1n) is 6.07. The van der Waals surface area contributed by atoms with Crippen molar-refractivity contribution in [2.45, 2.75) is 6.04 Å². The summed E-state index contributed by atoms with van der Waals surface area (Å²) in [5, 5.41) is 17.9. The Kier molecular flexibility index (Phi) is 3.93. The predicted octanol–water partition coefficient (Wildman–Crippen LogP) is 1.10. The van der Waals surface area contributed by atoms with Crippen molar-refractivity contribution in [2.75, 3.05) is 14.1 Å². The smallest absolute Gasteiger partial charge is 0.271 e. The highest BCUT2D eigenvalue weighted by Crippen LogP contribution is 2.20. The Morgan fingerprint density at radius 2 is 1.55 bits per heavy atom. The molecule has 22 heavy (non-hydrogen) atoms. The number of carbonyl (C=O) groups is 3. The van der Waals surface area contributed by atoms with Gasteiger partial charge >= 0.3 is 6.03 Å². The number of likely N-dealkylation sites (N-methyl/N-ethyl adjacent to an activating group) is 2. The van der Waals surface area contributed by atoms with Gasteiger partial charge in [0.15, 0.2) is 0 Å². The van der Waals surface area contributed by atoms with Crippen molar-refractivity contribution in [2.24, 2.45) is 10.2 Å². The van der Waals surface area contributed by atoms with Crippen molar-refractivity contribution in [3.8, 4) is 0 Å². The van der Waals surface area contributed by atoms with Crippen LogP contribution in [0.15, 0.2) is 34.5 Å². The van der Waals surface area contributed by atoms with E-state index in [1.807, 2.05) is 0 Å². The zero-order valence-electron chi connectivity index (χ0n) is 11.7. The van der Waals surface area contributed by atoms with Crippen LogP contribution >= 0.6 is 0 Å². The molecule has 0 aliphatic carbocycles. The third kappa shape index (κ3) is 2.66. The van der Waals surface area contributed by atoms with Crippen LogP contribution in [0.25, 0.3) is 0 Å². The van der Waals surface area contributed by atoms with E-state index in [1.54, 1.807) is 0 Å². The van der Waals surface area contributed by atoms with E-state index in [1.165, 1.54) is 38.4 Å². The van der Waals surface area contributed by atoms with E-state index in [-0.39, 0.29) is 11.4 Å². The number of amides is 4. The molecule has 0 unspecified atom stereocenters. The van der Waals surface area contributed by atoms with Crippen LogP contribution in [0.2, 0.25) is 0 Å². The minimum Gasteiger partial charge on any atom is -0.271 e. The molecule has 2 rings (SSSR count). The van der Waals surface area contributed by atoms with Crippen molar-refractivity contribution in [1.82, 2.24) is 9.80 Å². The number of non-ortho nitro benzene ring substituents is 1. The quantitative estimate of drug-likeness (QED) is 0.357. The molecule has 1 aliphatic heterocycles. The van der Waals surface area contributed by atoms with Crippen LogP contribution in [0.5, 0.6) is 0 Å². The molecule has 10 heteroatoms. The topological polar surface area (TPSA) is 126 Å². The van der Waals surface area contributed by atoms with Crippen molar-refractivity contribution in [3.05, 3.63) is 34.4 Å². The van der Waals surface area contributed by atoms with Gasteiger partial charge in [-0.05, 0) is 12.1 Å². The molecule has 1 aromatic carbocycles. The standard InChI is InChI=1S/C12H11N5O5/c1-15-10(18)9(11(19)16(2)12(15)20)14-13-7-3-5-8(6-4-7)17(21)22/h3-6,9H,1-2H3. The molecule has 0 N–H and O–H groups in total. The minimum absolute atomic E-state index is 0.117. The van der Waals surface area contributed by atoms with Gasteiger partial charge in [0.1, 0.15) is 0 Å². The Balaban J connectivity index is 2.21. The second kappa shape index (κ2) is 5.68. The van der Waals surface area contributed by atoms with Gasteiger partial charge in [0.25, 0.3) is 17.5 Å². The average Bonchev–Trinajstić information content (AvgIpc) is 2.51. The number of urea groups is 1. The first-order valence-corrected chi connectivity index (χ1v) is 6.07. The summed E-state index contributed by atoms with van der Waals surface area (Å²) in [4.78, 5) is 46.8. The van der Waals surface area contributed by atoms with Gasteiger partial charge in [-0.2, -0.15) is 10.2 Å². The zero-order valence-corrected chi connectivity index (χ0v) is 11.7. The minimum atomic E-state index is -1.44. The molecule has 1 saturated heterocycles.